The first-order valence-corrected chi connectivity index (χ1v) is 8.21. The Bertz CT molecular complexity index is 612. The summed E-state index contributed by atoms with van der Waals surface area (Å²) in [6, 6.07) is 7.16. The molecule has 23 heavy (non-hydrogen) atoms. The zero-order valence-corrected chi connectivity index (χ0v) is 14.2. The molecule has 1 aliphatic heterocycles. The predicted octanol–water partition coefficient (Wildman–Crippen LogP) is 2.29. The number of aliphatic hydroxyl groups excluding tert-OH is 1. The van der Waals surface area contributed by atoms with Crippen LogP contribution in [0, 0.1) is 0 Å². The lowest BCUT2D eigenvalue weighted by molar-refractivity contribution is -0.0691. The van der Waals surface area contributed by atoms with E-state index in [0.717, 1.165) is 17.5 Å². The first kappa shape index (κ1) is 16.3. The minimum Gasteiger partial charge on any atom is -0.390 e. The van der Waals surface area contributed by atoms with Crippen molar-refractivity contribution in [3.8, 4) is 0 Å². The van der Waals surface area contributed by atoms with Crippen LogP contribution < -0.4 is 10.6 Å². The van der Waals surface area contributed by atoms with Gasteiger partial charge in [0.2, 0.25) is 0 Å². The van der Waals surface area contributed by atoms with Crippen molar-refractivity contribution in [1.29, 1.82) is 0 Å². The molecule has 1 aliphatic carbocycles. The summed E-state index contributed by atoms with van der Waals surface area (Å²) < 4.78 is 6.01. The Balaban J connectivity index is 1.67. The number of hydrogen-bond acceptors (Lipinski definition) is 3. The summed E-state index contributed by atoms with van der Waals surface area (Å²) in [5, 5.41) is 16.2. The number of fused-ring (bicyclic) bond motifs is 1. The van der Waals surface area contributed by atoms with Crippen molar-refractivity contribution in [2.24, 2.45) is 0 Å². The molecule has 1 fully saturated rings. The van der Waals surface area contributed by atoms with Crippen LogP contribution in [0.5, 0.6) is 0 Å². The normalized spacial score (nSPS) is 30.7. The maximum atomic E-state index is 12.4. The Morgan fingerprint density at radius 1 is 1.22 bits per heavy atom. The fraction of sp³-hybridized carbons (Fsp3) is 0.611. The molecule has 5 heteroatoms. The van der Waals surface area contributed by atoms with E-state index in [1.54, 1.807) is 0 Å². The number of hydrogen-bond donors (Lipinski definition) is 3. The molecule has 0 bridgehead atoms. The topological polar surface area (TPSA) is 70.6 Å². The summed E-state index contributed by atoms with van der Waals surface area (Å²) in [7, 11) is 0. The Hall–Kier alpha value is -1.59. The molecule has 0 spiro atoms. The number of urea groups is 1. The number of nitrogens with one attached hydrogen (secondary N) is 2. The van der Waals surface area contributed by atoms with Gasteiger partial charge in [0.1, 0.15) is 0 Å². The van der Waals surface area contributed by atoms with Crippen LogP contribution >= 0.6 is 0 Å². The van der Waals surface area contributed by atoms with E-state index in [0.29, 0.717) is 6.42 Å². The van der Waals surface area contributed by atoms with E-state index < -0.39 is 11.7 Å². The van der Waals surface area contributed by atoms with Crippen molar-refractivity contribution in [2.75, 3.05) is 0 Å². The molecular weight excluding hydrogens is 292 g/mol. The van der Waals surface area contributed by atoms with Gasteiger partial charge in [0, 0.05) is 6.42 Å². The van der Waals surface area contributed by atoms with E-state index in [4.69, 9.17) is 4.74 Å². The molecule has 1 heterocycles. The smallest absolute Gasteiger partial charge is 0.315 e. The number of ether oxygens (including phenoxy) is 1. The highest BCUT2D eigenvalue weighted by molar-refractivity contribution is 5.75. The van der Waals surface area contributed by atoms with Crippen molar-refractivity contribution >= 4 is 6.03 Å². The molecule has 1 aromatic carbocycles. The van der Waals surface area contributed by atoms with Gasteiger partial charge in [-0.2, -0.15) is 0 Å². The largest absolute Gasteiger partial charge is 0.390 e. The minimum absolute atomic E-state index is 0.0636. The van der Waals surface area contributed by atoms with Crippen LogP contribution in [0.1, 0.15) is 51.3 Å². The molecule has 3 N–H and O–H groups in total. The van der Waals surface area contributed by atoms with Gasteiger partial charge >= 0.3 is 6.03 Å². The molecule has 2 amide bonds. The fourth-order valence-corrected chi connectivity index (χ4v) is 3.88. The molecular formula is C18H26N2O3. The maximum Gasteiger partial charge on any atom is 0.315 e. The first-order chi connectivity index (χ1) is 10.7. The quantitative estimate of drug-likeness (QED) is 0.783. The predicted molar refractivity (Wildman–Crippen MR) is 88.2 cm³/mol. The standard InChI is InChI=1S/C18H26N2O3/c1-17(2)10-14(18(3,4)23-17)19-16(22)20-15-12-8-6-5-7-11(12)9-13(15)21/h5-8,13-15,21H,9-10H2,1-4H3,(H2,19,20,22)/t13-,14+,15+/m0/s1. The molecule has 3 rings (SSSR count). The molecule has 2 aliphatic rings. The van der Waals surface area contributed by atoms with Crippen molar-refractivity contribution in [2.45, 2.75) is 69.9 Å². The highest BCUT2D eigenvalue weighted by Gasteiger charge is 2.46. The number of carbonyl (C=O) groups is 1. The van der Waals surface area contributed by atoms with E-state index in [1.165, 1.54) is 0 Å². The van der Waals surface area contributed by atoms with Gasteiger partial charge in [-0.25, -0.2) is 4.79 Å². The van der Waals surface area contributed by atoms with E-state index in [9.17, 15) is 9.90 Å². The average Bonchev–Trinajstić information content (AvgIpc) is 2.83. The Morgan fingerprint density at radius 2 is 1.91 bits per heavy atom. The van der Waals surface area contributed by atoms with Crippen molar-refractivity contribution in [1.82, 2.24) is 10.6 Å². The molecule has 0 saturated carbocycles. The highest BCUT2D eigenvalue weighted by atomic mass is 16.5. The lowest BCUT2D eigenvalue weighted by Crippen LogP contribution is -2.51. The van der Waals surface area contributed by atoms with E-state index >= 15 is 0 Å². The zero-order chi connectivity index (χ0) is 16.8. The lowest BCUT2D eigenvalue weighted by Gasteiger charge is -2.28. The monoisotopic (exact) mass is 318 g/mol. The van der Waals surface area contributed by atoms with Gasteiger partial charge in [-0.3, -0.25) is 0 Å². The van der Waals surface area contributed by atoms with E-state index in [1.807, 2.05) is 52.0 Å². The Morgan fingerprint density at radius 3 is 2.57 bits per heavy atom. The summed E-state index contributed by atoms with van der Waals surface area (Å²) in [6.45, 7) is 8.05. The van der Waals surface area contributed by atoms with Gasteiger partial charge in [-0.1, -0.05) is 24.3 Å². The highest BCUT2D eigenvalue weighted by Crippen LogP contribution is 2.37. The molecule has 1 saturated heterocycles. The second-order valence-electron chi connectivity index (χ2n) is 7.79. The van der Waals surface area contributed by atoms with Crippen molar-refractivity contribution in [3.05, 3.63) is 35.4 Å². The Kier molecular flexibility index (Phi) is 3.89. The van der Waals surface area contributed by atoms with Crippen LogP contribution in [0.2, 0.25) is 0 Å². The third kappa shape index (κ3) is 3.21. The minimum atomic E-state index is -0.581. The number of benzene rings is 1. The van der Waals surface area contributed by atoms with Gasteiger partial charge in [0.15, 0.2) is 0 Å². The van der Waals surface area contributed by atoms with Crippen LogP contribution in [0.25, 0.3) is 0 Å². The SMILES string of the molecule is CC1(C)C[C@@H](NC(=O)N[C@@H]2c3ccccc3C[C@@H]2O)C(C)(C)O1. The van der Waals surface area contributed by atoms with Crippen molar-refractivity contribution < 1.29 is 14.6 Å². The summed E-state index contributed by atoms with van der Waals surface area (Å²) in [4.78, 5) is 12.4. The van der Waals surface area contributed by atoms with Crippen LogP contribution in [0.4, 0.5) is 4.79 Å². The third-order valence-electron chi connectivity index (χ3n) is 4.87. The van der Waals surface area contributed by atoms with E-state index in [-0.39, 0.29) is 23.7 Å². The van der Waals surface area contributed by atoms with Gasteiger partial charge in [-0.05, 0) is 45.2 Å². The average molecular weight is 318 g/mol. The summed E-state index contributed by atoms with van der Waals surface area (Å²) in [5.41, 5.74) is 1.43. The lowest BCUT2D eigenvalue weighted by atomic mass is 9.94. The molecule has 5 nitrogen and oxygen atoms in total. The summed E-state index contributed by atoms with van der Waals surface area (Å²) >= 11 is 0. The van der Waals surface area contributed by atoms with Crippen LogP contribution in [-0.4, -0.2) is 34.5 Å². The summed E-state index contributed by atoms with van der Waals surface area (Å²) in [6.07, 6.45) is 0.756. The van der Waals surface area contributed by atoms with Gasteiger partial charge in [0.25, 0.3) is 0 Å². The molecule has 126 valence electrons. The second-order valence-corrected chi connectivity index (χ2v) is 7.79. The van der Waals surface area contributed by atoms with Crippen LogP contribution in [0.15, 0.2) is 24.3 Å². The number of carbonyl (C=O) groups excluding carboxylic acids is 1. The molecule has 0 radical (unpaired) electrons. The number of aliphatic hydroxyl groups is 1. The zero-order valence-electron chi connectivity index (χ0n) is 14.2. The molecule has 3 atom stereocenters. The second kappa shape index (κ2) is 5.49. The number of amides is 2. The fourth-order valence-electron chi connectivity index (χ4n) is 3.88. The molecule has 0 unspecified atom stereocenters. The van der Waals surface area contributed by atoms with Gasteiger partial charge in [-0.15, -0.1) is 0 Å². The first-order valence-electron chi connectivity index (χ1n) is 8.21. The van der Waals surface area contributed by atoms with Gasteiger partial charge in [0.05, 0.1) is 29.4 Å². The number of rotatable bonds is 2. The van der Waals surface area contributed by atoms with E-state index in [2.05, 4.69) is 10.6 Å². The summed E-state index contributed by atoms with van der Waals surface area (Å²) in [5.74, 6) is 0. The van der Waals surface area contributed by atoms with Crippen molar-refractivity contribution in [3.63, 3.8) is 0 Å². The van der Waals surface area contributed by atoms with Crippen LogP contribution in [0.3, 0.4) is 0 Å². The van der Waals surface area contributed by atoms with Gasteiger partial charge < -0.3 is 20.5 Å². The third-order valence-corrected chi connectivity index (χ3v) is 4.87. The van der Waals surface area contributed by atoms with Crippen LogP contribution in [-0.2, 0) is 11.2 Å². The Labute approximate surface area is 137 Å². The molecule has 1 aromatic rings. The molecule has 0 aromatic heterocycles. The maximum absolute atomic E-state index is 12.4.